The topological polar surface area (TPSA) is 100.0 Å². The molecule has 9 heteroatoms. The summed E-state index contributed by atoms with van der Waals surface area (Å²) in [4.78, 5) is 27.6. The van der Waals surface area contributed by atoms with Gasteiger partial charge in [-0.25, -0.2) is 4.79 Å². The Kier molecular flexibility index (Phi) is 9.68. The van der Waals surface area contributed by atoms with Crippen molar-refractivity contribution in [2.45, 2.75) is 38.4 Å². The minimum atomic E-state index is -0.619. The van der Waals surface area contributed by atoms with Crippen LogP contribution in [0.3, 0.4) is 0 Å². The second-order valence-corrected chi connectivity index (χ2v) is 7.81. The Morgan fingerprint density at radius 2 is 1.63 bits per heavy atom. The number of carbonyl (C=O) groups excluding carboxylic acids is 1. The molecule has 1 N–H and O–H groups in total. The second-order valence-electron chi connectivity index (χ2n) is 7.81. The summed E-state index contributed by atoms with van der Waals surface area (Å²) in [5.41, 5.74) is 5.71. The van der Waals surface area contributed by atoms with E-state index in [1.54, 1.807) is 18.2 Å². The lowest BCUT2D eigenvalue weighted by Gasteiger charge is -2.15. The third-order valence-corrected chi connectivity index (χ3v) is 5.46. The van der Waals surface area contributed by atoms with Crippen molar-refractivity contribution in [3.8, 4) is 5.75 Å². The molecule has 0 aromatic heterocycles. The van der Waals surface area contributed by atoms with Gasteiger partial charge in [-0.3, -0.25) is 10.3 Å². The van der Waals surface area contributed by atoms with Crippen LogP contribution < -0.4 is 10.2 Å². The summed E-state index contributed by atoms with van der Waals surface area (Å²) in [6, 6.07) is 14.8. The summed E-state index contributed by atoms with van der Waals surface area (Å²) in [5, 5.41) is 7.90. The fourth-order valence-electron chi connectivity index (χ4n) is 3.77. The number of hydrogen-bond acceptors (Lipinski definition) is 9. The van der Waals surface area contributed by atoms with Gasteiger partial charge in [-0.1, -0.05) is 41.2 Å². The number of allylic oxidation sites excluding steroid dienone is 1. The molecular weight excluding hydrogens is 450 g/mol. The largest absolute Gasteiger partial charge is 0.490 e. The summed E-state index contributed by atoms with van der Waals surface area (Å²) >= 11 is 0. The van der Waals surface area contributed by atoms with Crippen molar-refractivity contribution in [2.24, 2.45) is 10.3 Å². The van der Waals surface area contributed by atoms with Crippen LogP contribution in [0.15, 0.2) is 71.1 Å². The molecule has 9 nitrogen and oxygen atoms in total. The number of nitrogens with zero attached hydrogens (tertiary/aromatic N) is 2. The van der Waals surface area contributed by atoms with E-state index in [9.17, 15) is 4.79 Å². The van der Waals surface area contributed by atoms with Crippen LogP contribution in [-0.4, -0.2) is 44.8 Å². The number of benzene rings is 2. The predicted octanol–water partition coefficient (Wildman–Crippen LogP) is 4.12. The Balaban J connectivity index is 1.65. The highest BCUT2D eigenvalue weighted by atomic mass is 16.6. The van der Waals surface area contributed by atoms with Gasteiger partial charge in [-0.05, 0) is 55.5 Å². The van der Waals surface area contributed by atoms with E-state index in [1.165, 1.54) is 34.2 Å². The molecule has 0 heterocycles. The minimum Gasteiger partial charge on any atom is -0.490 e. The van der Waals surface area contributed by atoms with Gasteiger partial charge >= 0.3 is 5.97 Å². The van der Waals surface area contributed by atoms with Crippen molar-refractivity contribution in [2.75, 3.05) is 21.3 Å². The smallest absolute Gasteiger partial charge is 0.360 e. The Morgan fingerprint density at radius 3 is 2.29 bits per heavy atom. The Labute approximate surface area is 205 Å². The van der Waals surface area contributed by atoms with E-state index in [0.717, 1.165) is 24.2 Å². The maximum Gasteiger partial charge on any atom is 0.360 e. The molecule has 0 aliphatic heterocycles. The highest BCUT2D eigenvalue weighted by molar-refractivity contribution is 6.43. The summed E-state index contributed by atoms with van der Waals surface area (Å²) in [7, 11) is 4.10. The number of rotatable bonds is 12. The van der Waals surface area contributed by atoms with E-state index in [4.69, 9.17) is 24.0 Å². The molecule has 0 spiro atoms. The second kappa shape index (κ2) is 13.1. The first-order valence-corrected chi connectivity index (χ1v) is 11.3. The zero-order valence-corrected chi connectivity index (χ0v) is 20.3. The van der Waals surface area contributed by atoms with Crippen LogP contribution in [0.25, 0.3) is 0 Å². The number of esters is 1. The molecule has 3 rings (SSSR count). The van der Waals surface area contributed by atoms with Gasteiger partial charge in [0.25, 0.3) is 0 Å². The molecule has 2 aromatic rings. The van der Waals surface area contributed by atoms with Crippen LogP contribution >= 0.6 is 0 Å². The number of ether oxygens (including phenoxy) is 2. The Bertz CT molecular complexity index is 1060. The molecular formula is C26H31N3O6. The van der Waals surface area contributed by atoms with E-state index in [1.807, 2.05) is 30.3 Å². The van der Waals surface area contributed by atoms with Gasteiger partial charge in [0.2, 0.25) is 0 Å². The molecule has 0 radical (unpaired) electrons. The first-order chi connectivity index (χ1) is 17.1. The minimum absolute atomic E-state index is 0.0366. The first kappa shape index (κ1) is 25.8. The zero-order valence-electron chi connectivity index (χ0n) is 20.3. The zero-order chi connectivity index (χ0) is 25.0. The van der Waals surface area contributed by atoms with Gasteiger partial charge in [-0.15, -0.1) is 0 Å². The lowest BCUT2D eigenvalue weighted by atomic mass is 10.0. The van der Waals surface area contributed by atoms with Crippen molar-refractivity contribution in [3.05, 3.63) is 77.5 Å². The number of methoxy groups -OCH3 is 1. The van der Waals surface area contributed by atoms with Gasteiger partial charge < -0.3 is 19.1 Å². The van der Waals surface area contributed by atoms with Crippen molar-refractivity contribution in [1.82, 2.24) is 5.48 Å². The molecule has 186 valence electrons. The third kappa shape index (κ3) is 7.07. The molecule has 0 bridgehead atoms. The summed E-state index contributed by atoms with van der Waals surface area (Å²) in [6.07, 6.45) is 4.91. The summed E-state index contributed by atoms with van der Waals surface area (Å²) < 4.78 is 10.8. The van der Waals surface area contributed by atoms with Crippen LogP contribution in [0.4, 0.5) is 0 Å². The molecule has 0 saturated heterocycles. The fourth-order valence-corrected chi connectivity index (χ4v) is 3.77. The maximum absolute atomic E-state index is 12.1. The molecule has 35 heavy (non-hydrogen) atoms. The van der Waals surface area contributed by atoms with Gasteiger partial charge in [-0.2, -0.15) is 0 Å². The molecule has 0 amide bonds. The number of nitrogens with one attached hydrogen (secondary N) is 1. The van der Waals surface area contributed by atoms with Gasteiger partial charge in [0.15, 0.2) is 5.71 Å². The normalized spacial score (nSPS) is 14.4. The quantitative estimate of drug-likeness (QED) is 0.277. The highest BCUT2D eigenvalue weighted by Crippen LogP contribution is 2.24. The molecule has 1 aliphatic rings. The lowest BCUT2D eigenvalue weighted by molar-refractivity contribution is -0.132. The van der Waals surface area contributed by atoms with Crippen molar-refractivity contribution in [3.63, 3.8) is 0 Å². The molecule has 1 fully saturated rings. The van der Waals surface area contributed by atoms with Crippen LogP contribution in [0.2, 0.25) is 0 Å². The Morgan fingerprint density at radius 1 is 0.971 bits per heavy atom. The molecule has 0 unspecified atom stereocenters. The van der Waals surface area contributed by atoms with E-state index in [0.29, 0.717) is 22.5 Å². The van der Waals surface area contributed by atoms with Crippen LogP contribution in [0.1, 0.15) is 42.4 Å². The lowest BCUT2D eigenvalue weighted by Crippen LogP contribution is -2.23. The standard InChI is InChI=1S/C26H31N3O6/c1-18(24(28-32-3)19-13-15-22(16-14-19)35-21-10-6-7-11-21)27-34-17-20-9-5-8-12-23(20)25(29-33-4)26(30)31-2/h5,8-9,12-16,21,27H,1,6-7,10-11,17H2,2-4H3. The van der Waals surface area contributed by atoms with Gasteiger partial charge in [0, 0.05) is 11.1 Å². The highest BCUT2D eigenvalue weighted by Gasteiger charge is 2.20. The number of oxime groups is 2. The van der Waals surface area contributed by atoms with Crippen LogP contribution in [0, 0.1) is 0 Å². The van der Waals surface area contributed by atoms with E-state index in [-0.39, 0.29) is 18.4 Å². The molecule has 0 atom stereocenters. The Hall–Kier alpha value is -3.85. The van der Waals surface area contributed by atoms with Gasteiger partial charge in [0.05, 0.1) is 18.9 Å². The molecule has 1 saturated carbocycles. The third-order valence-electron chi connectivity index (χ3n) is 5.46. The fraction of sp³-hybridized carbons (Fsp3) is 0.346. The number of hydrogen-bond donors (Lipinski definition) is 1. The van der Waals surface area contributed by atoms with Crippen LogP contribution in [-0.2, 0) is 30.7 Å². The van der Waals surface area contributed by atoms with Crippen molar-refractivity contribution < 1.29 is 28.8 Å². The predicted molar refractivity (Wildman–Crippen MR) is 132 cm³/mol. The summed E-state index contributed by atoms with van der Waals surface area (Å²) in [6.45, 7) is 4.12. The summed E-state index contributed by atoms with van der Waals surface area (Å²) in [5.74, 6) is 0.203. The van der Waals surface area contributed by atoms with Gasteiger partial charge in [0.1, 0.15) is 32.3 Å². The number of hydroxylamine groups is 1. The average molecular weight is 482 g/mol. The maximum atomic E-state index is 12.1. The monoisotopic (exact) mass is 481 g/mol. The van der Waals surface area contributed by atoms with Crippen molar-refractivity contribution in [1.29, 1.82) is 0 Å². The number of carbonyl (C=O) groups is 1. The van der Waals surface area contributed by atoms with E-state index < -0.39 is 5.97 Å². The van der Waals surface area contributed by atoms with Crippen LogP contribution in [0.5, 0.6) is 5.75 Å². The van der Waals surface area contributed by atoms with E-state index >= 15 is 0 Å². The molecule has 1 aliphatic carbocycles. The van der Waals surface area contributed by atoms with Crippen molar-refractivity contribution >= 4 is 17.4 Å². The SMILES string of the molecule is C=C(NOCc1ccccc1C(=NOC)C(=O)OC)C(=NOC)c1ccc(OC2CCCC2)cc1. The average Bonchev–Trinajstić information content (AvgIpc) is 3.39. The van der Waals surface area contributed by atoms with E-state index in [2.05, 4.69) is 22.4 Å². The first-order valence-electron chi connectivity index (χ1n) is 11.3. The molecule has 2 aromatic carbocycles.